The number of fused-ring (bicyclic) bond motifs is 1. The van der Waals surface area contributed by atoms with Crippen LogP contribution in [0.25, 0.3) is 0 Å². The second-order valence-corrected chi connectivity index (χ2v) is 5.85. The van der Waals surface area contributed by atoms with Crippen LogP contribution >= 0.6 is 0 Å². The van der Waals surface area contributed by atoms with E-state index >= 15 is 0 Å². The highest BCUT2D eigenvalue weighted by molar-refractivity contribution is 5.91. The van der Waals surface area contributed by atoms with E-state index in [1.165, 1.54) is 23.9 Å². The Morgan fingerprint density at radius 2 is 2.08 bits per heavy atom. The lowest BCUT2D eigenvalue weighted by Gasteiger charge is -2.25. The molecule has 1 aromatic heterocycles. The second kappa shape index (κ2) is 7.74. The van der Waals surface area contributed by atoms with E-state index in [0.717, 1.165) is 12.0 Å². The van der Waals surface area contributed by atoms with Crippen molar-refractivity contribution in [2.45, 2.75) is 25.1 Å². The van der Waals surface area contributed by atoms with Crippen LogP contribution in [0.4, 0.5) is 18.9 Å². The Balaban J connectivity index is 1.56. The van der Waals surface area contributed by atoms with Gasteiger partial charge >= 0.3 is 6.18 Å². The van der Waals surface area contributed by atoms with Crippen molar-refractivity contribution in [3.8, 4) is 5.88 Å². The van der Waals surface area contributed by atoms with Crippen molar-refractivity contribution in [3.63, 3.8) is 0 Å². The molecule has 0 saturated heterocycles. The first-order valence-electron chi connectivity index (χ1n) is 8.05. The molecule has 1 unspecified atom stereocenters. The Morgan fingerprint density at radius 1 is 1.27 bits per heavy atom. The van der Waals surface area contributed by atoms with Gasteiger partial charge in [-0.3, -0.25) is 4.79 Å². The van der Waals surface area contributed by atoms with E-state index in [1.807, 2.05) is 24.3 Å². The predicted molar refractivity (Wildman–Crippen MR) is 87.9 cm³/mol. The SMILES string of the molecule is O=C(CC1OCCc2ccccc21)Nc1ccc(OCC(F)(F)F)nc1. The average Bonchev–Trinajstić information content (AvgIpc) is 2.61. The fourth-order valence-corrected chi connectivity index (χ4v) is 2.72. The van der Waals surface area contributed by atoms with Gasteiger partial charge in [-0.05, 0) is 23.6 Å². The summed E-state index contributed by atoms with van der Waals surface area (Å²) in [5, 5.41) is 2.66. The molecule has 0 bridgehead atoms. The maximum Gasteiger partial charge on any atom is 0.422 e. The molecule has 1 atom stereocenters. The first kappa shape index (κ1) is 18.2. The number of ether oxygens (including phenoxy) is 2. The van der Waals surface area contributed by atoms with Crippen LogP contribution in [0, 0.1) is 0 Å². The number of hydrogen-bond donors (Lipinski definition) is 1. The number of benzene rings is 1. The molecule has 1 amide bonds. The maximum absolute atomic E-state index is 12.2. The lowest BCUT2D eigenvalue weighted by atomic mass is 9.95. The highest BCUT2D eigenvalue weighted by Crippen LogP contribution is 2.29. The molecule has 0 spiro atoms. The third-order valence-corrected chi connectivity index (χ3v) is 3.87. The quantitative estimate of drug-likeness (QED) is 0.877. The number of rotatable bonds is 5. The zero-order chi connectivity index (χ0) is 18.6. The molecule has 0 radical (unpaired) electrons. The summed E-state index contributed by atoms with van der Waals surface area (Å²) in [5.41, 5.74) is 2.55. The number of aromatic nitrogens is 1. The number of nitrogens with one attached hydrogen (secondary N) is 1. The van der Waals surface area contributed by atoms with Gasteiger partial charge in [0.05, 0.1) is 31.0 Å². The Morgan fingerprint density at radius 3 is 2.81 bits per heavy atom. The maximum atomic E-state index is 12.2. The predicted octanol–water partition coefficient (Wildman–Crippen LogP) is 3.67. The molecule has 1 aliphatic heterocycles. The summed E-state index contributed by atoms with van der Waals surface area (Å²) in [6.07, 6.45) is -2.53. The van der Waals surface area contributed by atoms with Gasteiger partial charge < -0.3 is 14.8 Å². The van der Waals surface area contributed by atoms with Crippen LogP contribution in [0.2, 0.25) is 0 Å². The van der Waals surface area contributed by atoms with Gasteiger partial charge in [0, 0.05) is 6.07 Å². The zero-order valence-electron chi connectivity index (χ0n) is 13.8. The summed E-state index contributed by atoms with van der Waals surface area (Å²) in [5.74, 6) is -0.428. The molecule has 0 saturated carbocycles. The smallest absolute Gasteiger partial charge is 0.422 e. The number of alkyl halides is 3. The van der Waals surface area contributed by atoms with Crippen LogP contribution in [0.15, 0.2) is 42.6 Å². The first-order valence-corrected chi connectivity index (χ1v) is 8.05. The van der Waals surface area contributed by atoms with Crippen molar-refractivity contribution < 1.29 is 27.4 Å². The number of carbonyl (C=O) groups is 1. The van der Waals surface area contributed by atoms with E-state index in [0.29, 0.717) is 12.3 Å². The minimum atomic E-state index is -4.43. The standard InChI is InChI=1S/C18H17F3N2O3/c19-18(20,21)11-26-17-6-5-13(10-22-17)23-16(24)9-15-14-4-2-1-3-12(14)7-8-25-15/h1-6,10,15H,7-9,11H2,(H,23,24). The summed E-state index contributed by atoms with van der Waals surface area (Å²) in [6.45, 7) is -0.855. The molecule has 1 N–H and O–H groups in total. The van der Waals surface area contributed by atoms with Crippen molar-refractivity contribution in [3.05, 3.63) is 53.7 Å². The molecule has 3 rings (SSSR count). The second-order valence-electron chi connectivity index (χ2n) is 5.85. The van der Waals surface area contributed by atoms with Crippen molar-refractivity contribution in [2.24, 2.45) is 0 Å². The fraction of sp³-hybridized carbons (Fsp3) is 0.333. The van der Waals surface area contributed by atoms with E-state index in [4.69, 9.17) is 4.74 Å². The van der Waals surface area contributed by atoms with E-state index in [9.17, 15) is 18.0 Å². The molecule has 1 aromatic carbocycles. The molecule has 2 aromatic rings. The van der Waals surface area contributed by atoms with Crippen LogP contribution in [0.3, 0.4) is 0 Å². The van der Waals surface area contributed by atoms with Crippen LogP contribution in [0.1, 0.15) is 23.7 Å². The molecular formula is C18H17F3N2O3. The Bertz CT molecular complexity index is 763. The summed E-state index contributed by atoms with van der Waals surface area (Å²) in [6, 6.07) is 10.5. The van der Waals surface area contributed by atoms with Crippen LogP contribution in [0.5, 0.6) is 5.88 Å². The summed E-state index contributed by atoms with van der Waals surface area (Å²) < 4.78 is 46.5. The van der Waals surface area contributed by atoms with E-state index in [1.54, 1.807) is 0 Å². The fourth-order valence-electron chi connectivity index (χ4n) is 2.72. The molecule has 0 fully saturated rings. The van der Waals surface area contributed by atoms with E-state index in [2.05, 4.69) is 15.0 Å². The number of anilines is 1. The van der Waals surface area contributed by atoms with Crippen molar-refractivity contribution in [1.82, 2.24) is 4.98 Å². The number of hydrogen-bond acceptors (Lipinski definition) is 4. The third-order valence-electron chi connectivity index (χ3n) is 3.87. The van der Waals surface area contributed by atoms with Crippen molar-refractivity contribution in [1.29, 1.82) is 0 Å². The minimum Gasteiger partial charge on any atom is -0.468 e. The van der Waals surface area contributed by atoms with E-state index < -0.39 is 12.8 Å². The van der Waals surface area contributed by atoms with Gasteiger partial charge in [-0.1, -0.05) is 24.3 Å². The largest absolute Gasteiger partial charge is 0.468 e. The van der Waals surface area contributed by atoms with Crippen LogP contribution < -0.4 is 10.1 Å². The van der Waals surface area contributed by atoms with Gasteiger partial charge in [0.25, 0.3) is 0 Å². The number of carbonyl (C=O) groups excluding carboxylic acids is 1. The lowest BCUT2D eigenvalue weighted by molar-refractivity contribution is -0.154. The summed E-state index contributed by atoms with van der Waals surface area (Å²) in [4.78, 5) is 16.0. The van der Waals surface area contributed by atoms with Crippen molar-refractivity contribution in [2.75, 3.05) is 18.5 Å². The third kappa shape index (κ3) is 4.95. The number of pyridine rings is 1. The zero-order valence-corrected chi connectivity index (χ0v) is 13.8. The van der Waals surface area contributed by atoms with Gasteiger partial charge in [0.15, 0.2) is 6.61 Å². The van der Waals surface area contributed by atoms with Crippen molar-refractivity contribution >= 4 is 11.6 Å². The average molecular weight is 366 g/mol. The topological polar surface area (TPSA) is 60.5 Å². The monoisotopic (exact) mass is 366 g/mol. The first-order chi connectivity index (χ1) is 12.4. The Hall–Kier alpha value is -2.61. The van der Waals surface area contributed by atoms with Gasteiger partial charge in [0.1, 0.15) is 0 Å². The van der Waals surface area contributed by atoms with Gasteiger partial charge in [0.2, 0.25) is 11.8 Å². The summed E-state index contributed by atoms with van der Waals surface area (Å²) in [7, 11) is 0. The highest BCUT2D eigenvalue weighted by atomic mass is 19.4. The number of nitrogens with zero attached hydrogens (tertiary/aromatic N) is 1. The molecule has 5 nitrogen and oxygen atoms in total. The van der Waals surface area contributed by atoms with E-state index in [-0.39, 0.29) is 24.3 Å². The molecular weight excluding hydrogens is 349 g/mol. The minimum absolute atomic E-state index is 0.142. The molecule has 26 heavy (non-hydrogen) atoms. The van der Waals surface area contributed by atoms with Crippen LogP contribution in [-0.2, 0) is 16.0 Å². The Labute approximate surface area is 148 Å². The molecule has 0 aliphatic carbocycles. The highest BCUT2D eigenvalue weighted by Gasteiger charge is 2.28. The number of amides is 1. The molecule has 8 heteroatoms. The molecule has 2 heterocycles. The van der Waals surface area contributed by atoms with Gasteiger partial charge in [-0.15, -0.1) is 0 Å². The summed E-state index contributed by atoms with van der Waals surface area (Å²) >= 11 is 0. The molecule has 138 valence electrons. The molecule has 1 aliphatic rings. The number of halogens is 3. The van der Waals surface area contributed by atoms with Crippen LogP contribution in [-0.4, -0.2) is 30.3 Å². The lowest BCUT2D eigenvalue weighted by Crippen LogP contribution is -2.22. The Kier molecular flexibility index (Phi) is 5.41. The van der Waals surface area contributed by atoms with Gasteiger partial charge in [-0.2, -0.15) is 13.2 Å². The normalized spacial score (nSPS) is 16.7. The van der Waals surface area contributed by atoms with Gasteiger partial charge in [-0.25, -0.2) is 4.98 Å².